The quantitative estimate of drug-likeness (QED) is 0.605. The molecule has 0 spiro atoms. The normalized spacial score (nSPS) is 10.5. The number of aromatic nitrogens is 1. The van der Waals surface area contributed by atoms with E-state index in [1.54, 1.807) is 18.2 Å². The molecule has 1 amide bonds. The fraction of sp³-hybridized carbons (Fsp3) is 0.273. The maximum Gasteiger partial charge on any atom is 0.216 e. The van der Waals surface area contributed by atoms with Crippen molar-refractivity contribution in [2.75, 3.05) is 6.54 Å². The minimum atomic E-state index is -0.487. The molecule has 0 unspecified atom stereocenters. The maximum absolute atomic E-state index is 12.6. The summed E-state index contributed by atoms with van der Waals surface area (Å²) in [6.45, 7) is 2.05. The lowest BCUT2D eigenvalue weighted by atomic mass is 10.3. The zero-order chi connectivity index (χ0) is 11.1. The van der Waals surface area contributed by atoms with Crippen LogP contribution in [-0.2, 0) is 4.79 Å². The summed E-state index contributed by atoms with van der Waals surface area (Å²) in [5, 5.41) is 2.66. The molecule has 1 aromatic rings. The molecule has 0 radical (unpaired) electrons. The zero-order valence-electron chi connectivity index (χ0n) is 8.53. The monoisotopic (exact) mass is 208 g/mol. The van der Waals surface area contributed by atoms with Crippen LogP contribution in [0.2, 0.25) is 0 Å². The van der Waals surface area contributed by atoms with E-state index in [0.717, 1.165) is 0 Å². The van der Waals surface area contributed by atoms with Crippen molar-refractivity contribution >= 4 is 12.0 Å². The SMILES string of the molecule is CC(=O)NCCC=Cc1cccc(F)n1. The van der Waals surface area contributed by atoms with E-state index in [0.29, 0.717) is 18.7 Å². The summed E-state index contributed by atoms with van der Waals surface area (Å²) in [6.07, 6.45) is 4.28. The molecular formula is C11H13FN2O. The first kappa shape index (κ1) is 11.4. The highest BCUT2D eigenvalue weighted by Gasteiger charge is 1.91. The molecule has 4 heteroatoms. The molecule has 1 aromatic heterocycles. The Morgan fingerprint density at radius 3 is 3.07 bits per heavy atom. The summed E-state index contributed by atoms with van der Waals surface area (Å²) >= 11 is 0. The van der Waals surface area contributed by atoms with E-state index in [-0.39, 0.29) is 5.91 Å². The summed E-state index contributed by atoms with van der Waals surface area (Å²) in [6, 6.07) is 4.63. The van der Waals surface area contributed by atoms with Crippen LogP contribution in [0, 0.1) is 5.95 Å². The van der Waals surface area contributed by atoms with Gasteiger partial charge in [-0.1, -0.05) is 12.1 Å². The van der Waals surface area contributed by atoms with E-state index in [2.05, 4.69) is 10.3 Å². The van der Waals surface area contributed by atoms with Gasteiger partial charge in [-0.05, 0) is 24.6 Å². The van der Waals surface area contributed by atoms with Crippen LogP contribution in [0.1, 0.15) is 19.0 Å². The predicted molar refractivity (Wildman–Crippen MR) is 56.5 cm³/mol. The molecule has 0 bridgehead atoms. The number of amides is 1. The second-order valence-corrected chi connectivity index (χ2v) is 3.06. The van der Waals surface area contributed by atoms with Gasteiger partial charge in [0.2, 0.25) is 11.9 Å². The number of hydrogen-bond donors (Lipinski definition) is 1. The second-order valence-electron chi connectivity index (χ2n) is 3.06. The van der Waals surface area contributed by atoms with Gasteiger partial charge in [0, 0.05) is 13.5 Å². The Morgan fingerprint density at radius 2 is 2.40 bits per heavy atom. The number of nitrogens with zero attached hydrogens (tertiary/aromatic N) is 1. The van der Waals surface area contributed by atoms with Crippen LogP contribution in [0.4, 0.5) is 4.39 Å². The van der Waals surface area contributed by atoms with Gasteiger partial charge in [0.1, 0.15) is 0 Å². The van der Waals surface area contributed by atoms with Crippen molar-refractivity contribution in [2.45, 2.75) is 13.3 Å². The summed E-state index contributed by atoms with van der Waals surface area (Å²) in [5.74, 6) is -0.536. The Bertz CT molecular complexity index is 363. The van der Waals surface area contributed by atoms with Gasteiger partial charge in [-0.25, -0.2) is 4.98 Å². The van der Waals surface area contributed by atoms with Crippen molar-refractivity contribution in [1.82, 2.24) is 10.3 Å². The fourth-order valence-corrected chi connectivity index (χ4v) is 1.05. The van der Waals surface area contributed by atoms with Gasteiger partial charge in [-0.15, -0.1) is 0 Å². The van der Waals surface area contributed by atoms with Gasteiger partial charge in [-0.3, -0.25) is 4.79 Å². The summed E-state index contributed by atoms with van der Waals surface area (Å²) in [5.41, 5.74) is 0.581. The van der Waals surface area contributed by atoms with Gasteiger partial charge in [0.25, 0.3) is 0 Å². The highest BCUT2D eigenvalue weighted by atomic mass is 19.1. The van der Waals surface area contributed by atoms with Crippen LogP contribution in [-0.4, -0.2) is 17.4 Å². The summed E-state index contributed by atoms with van der Waals surface area (Å²) < 4.78 is 12.6. The molecule has 1 rings (SSSR count). The van der Waals surface area contributed by atoms with Crippen LogP contribution in [0.15, 0.2) is 24.3 Å². The standard InChI is InChI=1S/C11H13FN2O/c1-9(15)13-8-3-2-5-10-6-4-7-11(12)14-10/h2,4-7H,3,8H2,1H3,(H,13,15). The van der Waals surface area contributed by atoms with Crippen molar-refractivity contribution in [1.29, 1.82) is 0 Å². The van der Waals surface area contributed by atoms with E-state index in [1.165, 1.54) is 13.0 Å². The summed E-state index contributed by atoms with van der Waals surface area (Å²) in [4.78, 5) is 14.2. The first-order chi connectivity index (χ1) is 7.18. The van der Waals surface area contributed by atoms with Crippen molar-refractivity contribution in [3.8, 4) is 0 Å². The molecule has 0 fully saturated rings. The van der Waals surface area contributed by atoms with Crippen molar-refractivity contribution in [2.24, 2.45) is 0 Å². The van der Waals surface area contributed by atoms with Crippen LogP contribution in [0.25, 0.3) is 6.08 Å². The maximum atomic E-state index is 12.6. The average molecular weight is 208 g/mol. The smallest absolute Gasteiger partial charge is 0.216 e. The van der Waals surface area contributed by atoms with Gasteiger partial charge in [-0.2, -0.15) is 4.39 Å². The molecule has 0 saturated heterocycles. The van der Waals surface area contributed by atoms with Crippen LogP contribution in [0.5, 0.6) is 0 Å². The highest BCUT2D eigenvalue weighted by Crippen LogP contribution is 2.00. The Kier molecular flexibility index (Phi) is 4.47. The lowest BCUT2D eigenvalue weighted by Crippen LogP contribution is -2.20. The van der Waals surface area contributed by atoms with E-state index in [4.69, 9.17) is 0 Å². The van der Waals surface area contributed by atoms with Gasteiger partial charge >= 0.3 is 0 Å². The average Bonchev–Trinajstić information content (AvgIpc) is 2.17. The number of rotatable bonds is 4. The first-order valence-corrected chi connectivity index (χ1v) is 4.72. The second kappa shape index (κ2) is 5.90. The first-order valence-electron chi connectivity index (χ1n) is 4.72. The van der Waals surface area contributed by atoms with Gasteiger partial charge in [0.15, 0.2) is 0 Å². The molecule has 3 nitrogen and oxygen atoms in total. The van der Waals surface area contributed by atoms with Crippen LogP contribution < -0.4 is 5.32 Å². The van der Waals surface area contributed by atoms with Crippen LogP contribution >= 0.6 is 0 Å². The molecular weight excluding hydrogens is 195 g/mol. The molecule has 0 saturated carbocycles. The Morgan fingerprint density at radius 1 is 1.60 bits per heavy atom. The molecule has 0 aromatic carbocycles. The lowest BCUT2D eigenvalue weighted by Gasteiger charge is -1.96. The third-order valence-electron chi connectivity index (χ3n) is 1.71. The van der Waals surface area contributed by atoms with Gasteiger partial charge in [0.05, 0.1) is 5.69 Å². The van der Waals surface area contributed by atoms with E-state index >= 15 is 0 Å². The number of nitrogens with one attached hydrogen (secondary N) is 1. The van der Waals surface area contributed by atoms with E-state index < -0.39 is 5.95 Å². The minimum Gasteiger partial charge on any atom is -0.356 e. The number of carbonyl (C=O) groups is 1. The summed E-state index contributed by atoms with van der Waals surface area (Å²) in [7, 11) is 0. The molecule has 0 aliphatic rings. The Balaban J connectivity index is 2.35. The predicted octanol–water partition coefficient (Wildman–Crippen LogP) is 1.76. The molecule has 1 N–H and O–H groups in total. The topological polar surface area (TPSA) is 42.0 Å². The Hall–Kier alpha value is -1.71. The largest absolute Gasteiger partial charge is 0.356 e. The van der Waals surface area contributed by atoms with Crippen LogP contribution in [0.3, 0.4) is 0 Å². The molecule has 0 aliphatic heterocycles. The van der Waals surface area contributed by atoms with Gasteiger partial charge < -0.3 is 5.32 Å². The molecule has 0 atom stereocenters. The van der Waals surface area contributed by atoms with Crippen molar-refractivity contribution < 1.29 is 9.18 Å². The fourth-order valence-electron chi connectivity index (χ4n) is 1.05. The molecule has 0 aliphatic carbocycles. The molecule has 80 valence electrons. The zero-order valence-corrected chi connectivity index (χ0v) is 8.53. The highest BCUT2D eigenvalue weighted by molar-refractivity contribution is 5.72. The molecule has 15 heavy (non-hydrogen) atoms. The third kappa shape index (κ3) is 4.90. The minimum absolute atomic E-state index is 0.0488. The number of pyridine rings is 1. The lowest BCUT2D eigenvalue weighted by molar-refractivity contribution is -0.118. The van der Waals surface area contributed by atoms with E-state index in [9.17, 15) is 9.18 Å². The third-order valence-corrected chi connectivity index (χ3v) is 1.71. The Labute approximate surface area is 88.0 Å². The van der Waals surface area contributed by atoms with Crippen molar-refractivity contribution in [3.63, 3.8) is 0 Å². The van der Waals surface area contributed by atoms with Crippen molar-refractivity contribution in [3.05, 3.63) is 35.9 Å². The number of carbonyl (C=O) groups excluding carboxylic acids is 1. The van der Waals surface area contributed by atoms with E-state index in [1.807, 2.05) is 6.08 Å². The number of hydrogen-bond acceptors (Lipinski definition) is 2. The molecule has 1 heterocycles. The number of halogens is 1.